The van der Waals surface area contributed by atoms with E-state index in [-0.39, 0.29) is 6.54 Å². The number of hydrogen-bond acceptors (Lipinski definition) is 2. The maximum absolute atomic E-state index is 11.0. The molecular weight excluding hydrogens is 341 g/mol. The Bertz CT molecular complexity index is 404. The predicted octanol–water partition coefficient (Wildman–Crippen LogP) is 2.79. The molecule has 0 saturated heterocycles. The molecule has 3 nitrogen and oxygen atoms in total. The third-order valence-corrected chi connectivity index (χ3v) is 5.03. The molecule has 0 atom stereocenters. The molecule has 0 heterocycles. The number of carboxylic acids is 1. The van der Waals surface area contributed by atoms with Gasteiger partial charge < -0.3 is 5.11 Å². The lowest BCUT2D eigenvalue weighted by Gasteiger charge is -2.25. The number of benzene rings is 1. The Hall–Kier alpha value is -0.620. The van der Waals surface area contributed by atoms with Crippen LogP contribution in [0.15, 0.2) is 30.3 Å². The lowest BCUT2D eigenvalue weighted by atomic mass is 10.1. The van der Waals surface area contributed by atoms with Crippen molar-refractivity contribution < 1.29 is 9.90 Å². The van der Waals surface area contributed by atoms with Crippen LogP contribution < -0.4 is 0 Å². The molecule has 2 rings (SSSR count). The topological polar surface area (TPSA) is 40.5 Å². The van der Waals surface area contributed by atoms with Gasteiger partial charge in [0, 0.05) is 17.5 Å². The number of halogens is 1. The number of nitrogens with zero attached hydrogens (tertiary/aromatic N) is 1. The minimum atomic E-state index is -0.741. The van der Waals surface area contributed by atoms with Crippen LogP contribution in [0.3, 0.4) is 0 Å². The molecule has 1 saturated carbocycles. The Kier molecular flexibility index (Phi) is 4.61. The molecule has 1 fully saturated rings. The third-order valence-electron chi connectivity index (χ3n) is 3.41. The number of carboxylic acid groups (broad SMARTS) is 1. The van der Waals surface area contributed by atoms with E-state index in [0.717, 1.165) is 17.5 Å². The molecule has 0 bridgehead atoms. The summed E-state index contributed by atoms with van der Waals surface area (Å²) >= 11 is 2.42. The van der Waals surface area contributed by atoms with E-state index in [0.29, 0.717) is 5.41 Å². The summed E-state index contributed by atoms with van der Waals surface area (Å²) in [6, 6.07) is 10.1. The minimum Gasteiger partial charge on any atom is -0.480 e. The van der Waals surface area contributed by atoms with Gasteiger partial charge in [-0.05, 0) is 23.8 Å². The van der Waals surface area contributed by atoms with Crippen LogP contribution in [0.4, 0.5) is 0 Å². The Labute approximate surface area is 121 Å². The zero-order chi connectivity index (χ0) is 13.0. The van der Waals surface area contributed by atoms with E-state index in [1.165, 1.54) is 18.4 Å². The summed E-state index contributed by atoms with van der Waals surface area (Å²) in [6.45, 7) is 1.76. The summed E-state index contributed by atoms with van der Waals surface area (Å²) in [5.74, 6) is -0.741. The smallest absolute Gasteiger partial charge is 0.317 e. The monoisotopic (exact) mass is 359 g/mol. The van der Waals surface area contributed by atoms with Crippen molar-refractivity contribution in [3.63, 3.8) is 0 Å². The van der Waals surface area contributed by atoms with Gasteiger partial charge in [0.15, 0.2) is 0 Å². The highest BCUT2D eigenvalue weighted by Crippen LogP contribution is 2.47. The first-order valence-corrected chi connectivity index (χ1v) is 7.70. The Balaban J connectivity index is 1.99. The minimum absolute atomic E-state index is 0.132. The zero-order valence-corrected chi connectivity index (χ0v) is 12.5. The van der Waals surface area contributed by atoms with E-state index < -0.39 is 5.97 Å². The number of aliphatic carboxylic acids is 1. The largest absolute Gasteiger partial charge is 0.480 e. The van der Waals surface area contributed by atoms with Gasteiger partial charge in [0.1, 0.15) is 0 Å². The Morgan fingerprint density at radius 1 is 1.33 bits per heavy atom. The van der Waals surface area contributed by atoms with E-state index in [9.17, 15) is 4.79 Å². The molecule has 1 aromatic rings. The van der Waals surface area contributed by atoms with Gasteiger partial charge in [0.25, 0.3) is 0 Å². The average molecular weight is 359 g/mol. The molecule has 1 aliphatic rings. The first kappa shape index (κ1) is 13.8. The van der Waals surface area contributed by atoms with E-state index in [2.05, 4.69) is 39.6 Å². The first-order valence-electron chi connectivity index (χ1n) is 6.18. The molecule has 0 amide bonds. The Morgan fingerprint density at radius 2 is 2.00 bits per heavy atom. The van der Waals surface area contributed by atoms with Crippen LogP contribution in [0.2, 0.25) is 0 Å². The van der Waals surface area contributed by atoms with Gasteiger partial charge in [0.2, 0.25) is 0 Å². The summed E-state index contributed by atoms with van der Waals surface area (Å²) < 4.78 is 1.12. The van der Waals surface area contributed by atoms with Gasteiger partial charge in [0.05, 0.1) is 6.54 Å². The SMILES string of the molecule is O=C(O)CN(Cc1ccccc1)CC1(CI)CC1. The van der Waals surface area contributed by atoms with Crippen LogP contribution in [0.25, 0.3) is 0 Å². The highest BCUT2D eigenvalue weighted by atomic mass is 127. The van der Waals surface area contributed by atoms with Crippen LogP contribution in [0, 0.1) is 5.41 Å². The van der Waals surface area contributed by atoms with E-state index in [4.69, 9.17) is 5.11 Å². The summed E-state index contributed by atoms with van der Waals surface area (Å²) in [5.41, 5.74) is 1.56. The molecular formula is C14H18INO2. The molecule has 18 heavy (non-hydrogen) atoms. The first-order chi connectivity index (χ1) is 8.63. The van der Waals surface area contributed by atoms with Gasteiger partial charge in [-0.1, -0.05) is 52.9 Å². The highest BCUT2D eigenvalue weighted by molar-refractivity contribution is 14.1. The molecule has 0 aromatic heterocycles. The van der Waals surface area contributed by atoms with Gasteiger partial charge in [-0.15, -0.1) is 0 Å². The van der Waals surface area contributed by atoms with Gasteiger partial charge >= 0.3 is 5.97 Å². The number of rotatable bonds is 7. The second-order valence-electron chi connectivity index (χ2n) is 5.16. The normalized spacial score (nSPS) is 16.8. The van der Waals surface area contributed by atoms with Gasteiger partial charge in [-0.2, -0.15) is 0 Å². The lowest BCUT2D eigenvalue weighted by molar-refractivity contribution is -0.138. The number of alkyl halides is 1. The van der Waals surface area contributed by atoms with Crippen LogP contribution in [-0.4, -0.2) is 33.5 Å². The third kappa shape index (κ3) is 3.95. The van der Waals surface area contributed by atoms with Crippen LogP contribution >= 0.6 is 22.6 Å². The predicted molar refractivity (Wildman–Crippen MR) is 79.9 cm³/mol. The maximum atomic E-state index is 11.0. The van der Waals surface area contributed by atoms with Crippen molar-refractivity contribution in [1.82, 2.24) is 4.90 Å². The molecule has 0 aliphatic heterocycles. The standard InChI is InChI=1S/C14H18INO2/c15-10-14(6-7-14)11-16(9-13(17)18)8-12-4-2-1-3-5-12/h1-5H,6-11H2,(H,17,18). The van der Waals surface area contributed by atoms with Crippen molar-refractivity contribution in [2.75, 3.05) is 17.5 Å². The molecule has 0 spiro atoms. The molecule has 0 radical (unpaired) electrons. The van der Waals surface area contributed by atoms with Gasteiger partial charge in [-0.3, -0.25) is 9.69 Å². The van der Waals surface area contributed by atoms with E-state index >= 15 is 0 Å². The molecule has 1 N–H and O–H groups in total. The summed E-state index contributed by atoms with van der Waals surface area (Å²) in [7, 11) is 0. The molecule has 98 valence electrons. The average Bonchev–Trinajstić information content (AvgIpc) is 3.10. The maximum Gasteiger partial charge on any atom is 0.317 e. The van der Waals surface area contributed by atoms with Crippen molar-refractivity contribution in [2.24, 2.45) is 5.41 Å². The van der Waals surface area contributed by atoms with Crippen molar-refractivity contribution in [1.29, 1.82) is 0 Å². The van der Waals surface area contributed by atoms with Crippen molar-refractivity contribution in [3.8, 4) is 0 Å². The van der Waals surface area contributed by atoms with E-state index in [1.54, 1.807) is 0 Å². The zero-order valence-electron chi connectivity index (χ0n) is 10.3. The fourth-order valence-corrected chi connectivity index (χ4v) is 3.19. The van der Waals surface area contributed by atoms with E-state index in [1.807, 2.05) is 18.2 Å². The molecule has 1 aromatic carbocycles. The number of carbonyl (C=O) groups is 1. The fraction of sp³-hybridized carbons (Fsp3) is 0.500. The van der Waals surface area contributed by atoms with Crippen molar-refractivity contribution in [2.45, 2.75) is 19.4 Å². The highest BCUT2D eigenvalue weighted by Gasteiger charge is 2.42. The molecule has 0 unspecified atom stereocenters. The quantitative estimate of drug-likeness (QED) is 0.601. The second kappa shape index (κ2) is 6.02. The van der Waals surface area contributed by atoms with Crippen LogP contribution in [-0.2, 0) is 11.3 Å². The fourth-order valence-electron chi connectivity index (χ4n) is 2.19. The summed E-state index contributed by atoms with van der Waals surface area (Å²) in [5, 5.41) is 9.01. The Morgan fingerprint density at radius 3 is 2.50 bits per heavy atom. The number of hydrogen-bond donors (Lipinski definition) is 1. The van der Waals surface area contributed by atoms with Crippen molar-refractivity contribution in [3.05, 3.63) is 35.9 Å². The van der Waals surface area contributed by atoms with Crippen molar-refractivity contribution >= 4 is 28.6 Å². The van der Waals surface area contributed by atoms with Crippen LogP contribution in [0.5, 0.6) is 0 Å². The van der Waals surface area contributed by atoms with Crippen LogP contribution in [0.1, 0.15) is 18.4 Å². The van der Waals surface area contributed by atoms with Gasteiger partial charge in [-0.25, -0.2) is 0 Å². The molecule has 4 heteroatoms. The summed E-state index contributed by atoms with van der Waals surface area (Å²) in [6.07, 6.45) is 2.47. The second-order valence-corrected chi connectivity index (χ2v) is 5.92. The lowest BCUT2D eigenvalue weighted by Crippen LogP contribution is -2.35. The molecule has 1 aliphatic carbocycles. The summed E-state index contributed by atoms with van der Waals surface area (Å²) in [4.78, 5) is 13.0.